The maximum absolute atomic E-state index is 11.5. The Hall–Kier alpha value is -0.180. The number of halogens is 4. The van der Waals surface area contributed by atoms with Crippen LogP contribution >= 0.6 is 11.6 Å². The van der Waals surface area contributed by atoms with Crippen LogP contribution in [0.2, 0.25) is 0 Å². The third-order valence-electron chi connectivity index (χ3n) is 0.853. The molecule has 0 fully saturated rings. The van der Waals surface area contributed by atoms with Gasteiger partial charge in [0, 0.05) is 11.1 Å². The molecule has 4 heteroatoms. The monoisotopic (exact) mass is 172 g/mol. The molecule has 0 bridgehead atoms. The normalized spacial score (nSPS) is 14.5. The first-order valence-corrected chi connectivity index (χ1v) is 3.15. The fraction of sp³-hybridized carbons (Fsp3) is 0.667. The number of alkyl halides is 3. The van der Waals surface area contributed by atoms with E-state index in [4.69, 9.17) is 11.6 Å². The predicted molar refractivity (Wildman–Crippen MR) is 34.8 cm³/mol. The van der Waals surface area contributed by atoms with Crippen LogP contribution in [0.4, 0.5) is 13.2 Å². The summed E-state index contributed by atoms with van der Waals surface area (Å²) in [6.07, 6.45) is -4.18. The Morgan fingerprint density at radius 2 is 1.80 bits per heavy atom. The molecule has 0 aliphatic carbocycles. The van der Waals surface area contributed by atoms with E-state index in [1.54, 1.807) is 13.8 Å². The lowest BCUT2D eigenvalue weighted by molar-refractivity contribution is -0.0804. The van der Waals surface area contributed by atoms with Gasteiger partial charge in [-0.2, -0.15) is 13.2 Å². The average molecular weight is 173 g/mol. The fourth-order valence-electron chi connectivity index (χ4n) is 0.323. The number of allylic oxidation sites excluding steroid dienone is 2. The largest absolute Gasteiger partial charge is 0.410 e. The molecule has 0 aromatic heterocycles. The summed E-state index contributed by atoms with van der Waals surface area (Å²) in [5.74, 6) is -0.261. The number of hydrogen-bond acceptors (Lipinski definition) is 0. The highest BCUT2D eigenvalue weighted by atomic mass is 35.5. The van der Waals surface area contributed by atoms with E-state index in [0.29, 0.717) is 0 Å². The lowest BCUT2D eigenvalue weighted by atomic mass is 10.2. The average Bonchev–Trinajstić information content (AvgIpc) is 1.60. The first kappa shape index (κ1) is 9.82. The first-order chi connectivity index (χ1) is 4.33. The summed E-state index contributed by atoms with van der Waals surface area (Å²) < 4.78 is 34.5. The van der Waals surface area contributed by atoms with E-state index in [-0.39, 0.29) is 17.0 Å². The quantitative estimate of drug-likeness (QED) is 0.569. The van der Waals surface area contributed by atoms with Gasteiger partial charge in [-0.3, -0.25) is 0 Å². The van der Waals surface area contributed by atoms with Crippen molar-refractivity contribution in [1.29, 1.82) is 0 Å². The van der Waals surface area contributed by atoms with Crippen molar-refractivity contribution in [1.82, 2.24) is 0 Å². The van der Waals surface area contributed by atoms with Crippen LogP contribution in [-0.2, 0) is 0 Å². The van der Waals surface area contributed by atoms with Gasteiger partial charge in [0.05, 0.1) is 0 Å². The first-order valence-electron chi connectivity index (χ1n) is 2.78. The lowest BCUT2D eigenvalue weighted by Crippen LogP contribution is -2.03. The third kappa shape index (κ3) is 4.68. The second-order valence-electron chi connectivity index (χ2n) is 2.23. The summed E-state index contributed by atoms with van der Waals surface area (Å²) in [4.78, 5) is 0. The van der Waals surface area contributed by atoms with E-state index in [1.807, 2.05) is 0 Å². The summed E-state index contributed by atoms with van der Waals surface area (Å²) in [7, 11) is 0. The van der Waals surface area contributed by atoms with Crippen molar-refractivity contribution < 1.29 is 13.2 Å². The zero-order chi connectivity index (χ0) is 8.36. The summed E-state index contributed by atoms with van der Waals surface area (Å²) >= 11 is 5.24. The molecule has 0 saturated heterocycles. The van der Waals surface area contributed by atoms with Crippen LogP contribution in [0.25, 0.3) is 0 Å². The molecule has 0 aliphatic rings. The van der Waals surface area contributed by atoms with Crippen LogP contribution in [0, 0.1) is 5.92 Å². The molecule has 0 heterocycles. The van der Waals surface area contributed by atoms with E-state index in [0.717, 1.165) is 0 Å². The Kier molecular flexibility index (Phi) is 3.22. The third-order valence-corrected chi connectivity index (χ3v) is 1.40. The molecule has 10 heavy (non-hydrogen) atoms. The second kappa shape index (κ2) is 3.28. The Labute approximate surface area is 62.7 Å². The van der Waals surface area contributed by atoms with E-state index in [2.05, 4.69) is 0 Å². The summed E-state index contributed by atoms with van der Waals surface area (Å²) in [5, 5.41) is -0.160. The molecule has 0 rings (SSSR count). The summed E-state index contributed by atoms with van der Waals surface area (Å²) in [5.41, 5.74) is 0. The van der Waals surface area contributed by atoms with Crippen molar-refractivity contribution in [2.24, 2.45) is 5.92 Å². The molecule has 0 nitrogen and oxygen atoms in total. The topological polar surface area (TPSA) is 0 Å². The number of rotatable bonds is 1. The highest BCUT2D eigenvalue weighted by molar-refractivity contribution is 6.29. The Morgan fingerprint density at radius 1 is 1.40 bits per heavy atom. The van der Waals surface area contributed by atoms with Gasteiger partial charge in [0.1, 0.15) is 0 Å². The van der Waals surface area contributed by atoms with Crippen molar-refractivity contribution in [3.05, 3.63) is 11.1 Å². The van der Waals surface area contributed by atoms with E-state index in [1.165, 1.54) is 0 Å². The molecule has 0 aromatic carbocycles. The molecule has 0 saturated carbocycles. The van der Waals surface area contributed by atoms with Crippen molar-refractivity contribution in [2.75, 3.05) is 0 Å². The molecular formula is C6H8ClF3. The smallest absolute Gasteiger partial charge is 0.167 e. The Balaban J connectivity index is 4.17. The molecule has 0 spiro atoms. The Bertz CT molecular complexity index is 134. The zero-order valence-electron chi connectivity index (χ0n) is 5.67. The van der Waals surface area contributed by atoms with E-state index in [9.17, 15) is 13.2 Å². The molecule has 0 aromatic rings. The predicted octanol–water partition coefficient (Wildman–Crippen LogP) is 3.33. The van der Waals surface area contributed by atoms with Crippen molar-refractivity contribution in [3.63, 3.8) is 0 Å². The highest BCUT2D eigenvalue weighted by Crippen LogP contribution is 2.23. The minimum atomic E-state index is -4.29. The summed E-state index contributed by atoms with van der Waals surface area (Å²) in [6, 6.07) is 0. The van der Waals surface area contributed by atoms with Gasteiger partial charge in [0.25, 0.3) is 0 Å². The maximum atomic E-state index is 11.5. The van der Waals surface area contributed by atoms with Gasteiger partial charge < -0.3 is 0 Å². The van der Waals surface area contributed by atoms with Crippen molar-refractivity contribution >= 4 is 11.6 Å². The van der Waals surface area contributed by atoms with Gasteiger partial charge in [-0.05, 0) is 5.92 Å². The standard InChI is InChI=1S/C6H8ClF3/c1-4(2)5(7)3-6(8,9)10/h3-4H,1-2H3/b5-3+. The van der Waals surface area contributed by atoms with Crippen LogP contribution in [0.5, 0.6) is 0 Å². The second-order valence-corrected chi connectivity index (χ2v) is 2.66. The SMILES string of the molecule is CC(C)/C(Cl)=C\C(F)(F)F. The molecule has 60 valence electrons. The van der Waals surface area contributed by atoms with E-state index < -0.39 is 6.18 Å². The van der Waals surface area contributed by atoms with Crippen LogP contribution in [0.3, 0.4) is 0 Å². The molecule has 0 atom stereocenters. The van der Waals surface area contributed by atoms with Gasteiger partial charge >= 0.3 is 6.18 Å². The van der Waals surface area contributed by atoms with Gasteiger partial charge in [-0.25, -0.2) is 0 Å². The Morgan fingerprint density at radius 3 is 1.90 bits per heavy atom. The lowest BCUT2D eigenvalue weighted by Gasteiger charge is -2.04. The molecule has 0 radical (unpaired) electrons. The molecular weight excluding hydrogens is 165 g/mol. The van der Waals surface area contributed by atoms with Gasteiger partial charge in [-0.1, -0.05) is 25.4 Å². The summed E-state index contributed by atoms with van der Waals surface area (Å²) in [6.45, 7) is 3.20. The minimum Gasteiger partial charge on any atom is -0.167 e. The number of hydrogen-bond donors (Lipinski definition) is 0. The van der Waals surface area contributed by atoms with Crippen molar-refractivity contribution in [2.45, 2.75) is 20.0 Å². The van der Waals surface area contributed by atoms with Gasteiger partial charge in [-0.15, -0.1) is 0 Å². The van der Waals surface area contributed by atoms with Crippen LogP contribution < -0.4 is 0 Å². The van der Waals surface area contributed by atoms with E-state index >= 15 is 0 Å². The molecule has 0 N–H and O–H groups in total. The molecule has 0 unspecified atom stereocenters. The molecule has 0 aliphatic heterocycles. The van der Waals surface area contributed by atoms with Crippen LogP contribution in [0.15, 0.2) is 11.1 Å². The molecule has 0 amide bonds. The minimum absolute atomic E-state index is 0.110. The fourth-order valence-corrected chi connectivity index (χ4v) is 0.447. The van der Waals surface area contributed by atoms with Gasteiger partial charge in [0.15, 0.2) is 0 Å². The highest BCUT2D eigenvalue weighted by Gasteiger charge is 2.24. The van der Waals surface area contributed by atoms with Crippen LogP contribution in [0.1, 0.15) is 13.8 Å². The van der Waals surface area contributed by atoms with Crippen molar-refractivity contribution in [3.8, 4) is 0 Å². The maximum Gasteiger partial charge on any atom is 0.410 e. The van der Waals surface area contributed by atoms with Crippen LogP contribution in [-0.4, -0.2) is 6.18 Å². The van der Waals surface area contributed by atoms with Gasteiger partial charge in [0.2, 0.25) is 0 Å². The zero-order valence-corrected chi connectivity index (χ0v) is 6.42.